The van der Waals surface area contributed by atoms with Crippen LogP contribution in [0, 0.1) is 0 Å². The first kappa shape index (κ1) is 10.6. The van der Waals surface area contributed by atoms with Crippen LogP contribution in [-0.2, 0) is 20.7 Å². The second-order valence-electron chi connectivity index (χ2n) is 4.58. The Morgan fingerprint density at radius 2 is 2.41 bits per heavy atom. The topological polar surface area (TPSA) is 48.1 Å². The van der Waals surface area contributed by atoms with Gasteiger partial charge in [-0.2, -0.15) is 0 Å². The van der Waals surface area contributed by atoms with Crippen LogP contribution in [0.25, 0.3) is 0 Å². The molecule has 3 rings (SSSR count). The van der Waals surface area contributed by atoms with E-state index in [1.807, 2.05) is 18.2 Å². The molecule has 0 spiro atoms. The summed E-state index contributed by atoms with van der Waals surface area (Å²) in [5, 5.41) is 0. The molecule has 0 N–H and O–H groups in total. The molecule has 17 heavy (non-hydrogen) atoms. The van der Waals surface area contributed by atoms with Gasteiger partial charge >= 0.3 is 5.97 Å². The van der Waals surface area contributed by atoms with Crippen LogP contribution in [0.1, 0.15) is 24.2 Å². The van der Waals surface area contributed by atoms with E-state index in [9.17, 15) is 4.79 Å². The van der Waals surface area contributed by atoms with Gasteiger partial charge in [0.05, 0.1) is 7.11 Å². The minimum Gasteiger partial charge on any atom is -0.497 e. The minimum absolute atomic E-state index is 0.0859. The fraction of sp³-hybridized carbons (Fsp3) is 0.462. The molecule has 1 aliphatic carbocycles. The van der Waals surface area contributed by atoms with Gasteiger partial charge in [0.1, 0.15) is 24.1 Å². The first-order valence-electron chi connectivity index (χ1n) is 5.63. The van der Waals surface area contributed by atoms with Gasteiger partial charge in [-0.3, -0.25) is 4.79 Å². The highest BCUT2D eigenvalue weighted by Crippen LogP contribution is 2.58. The number of epoxide rings is 1. The first-order valence-corrected chi connectivity index (χ1v) is 5.63. The van der Waals surface area contributed by atoms with Gasteiger partial charge in [0, 0.05) is 13.3 Å². The number of ether oxygens (including phenoxy) is 3. The third-order valence-corrected chi connectivity index (χ3v) is 3.42. The normalized spacial score (nSPS) is 28.2. The average molecular weight is 234 g/mol. The van der Waals surface area contributed by atoms with E-state index < -0.39 is 0 Å². The van der Waals surface area contributed by atoms with Crippen molar-refractivity contribution in [2.75, 3.05) is 13.7 Å². The number of hydrogen-bond donors (Lipinski definition) is 0. The van der Waals surface area contributed by atoms with Gasteiger partial charge in [-0.1, -0.05) is 6.07 Å². The number of esters is 1. The lowest BCUT2D eigenvalue weighted by Gasteiger charge is -2.09. The lowest BCUT2D eigenvalue weighted by Crippen LogP contribution is -2.21. The summed E-state index contributed by atoms with van der Waals surface area (Å²) in [5.74, 6) is 0.592. The van der Waals surface area contributed by atoms with Gasteiger partial charge in [-0.15, -0.1) is 0 Å². The average Bonchev–Trinajstić information content (AvgIpc) is 2.94. The lowest BCUT2D eigenvalue weighted by molar-refractivity contribution is -0.142. The van der Waals surface area contributed by atoms with E-state index in [1.165, 1.54) is 18.1 Å². The maximum absolute atomic E-state index is 10.8. The summed E-state index contributed by atoms with van der Waals surface area (Å²) in [6.07, 6.45) is 0.875. The fourth-order valence-corrected chi connectivity index (χ4v) is 2.51. The Morgan fingerprint density at radius 1 is 1.59 bits per heavy atom. The summed E-state index contributed by atoms with van der Waals surface area (Å²) < 4.78 is 15.9. The van der Waals surface area contributed by atoms with Crippen molar-refractivity contribution in [3.63, 3.8) is 0 Å². The van der Waals surface area contributed by atoms with Crippen molar-refractivity contribution in [3.05, 3.63) is 29.3 Å². The van der Waals surface area contributed by atoms with E-state index in [4.69, 9.17) is 14.2 Å². The highest BCUT2D eigenvalue weighted by atomic mass is 16.6. The zero-order chi connectivity index (χ0) is 12.0. The summed E-state index contributed by atoms with van der Waals surface area (Å²) in [4.78, 5) is 10.8. The lowest BCUT2D eigenvalue weighted by atomic mass is 10.1. The Bertz CT molecular complexity index is 482. The highest BCUT2D eigenvalue weighted by Gasteiger charge is 2.63. The van der Waals surface area contributed by atoms with Crippen LogP contribution in [0.4, 0.5) is 0 Å². The SMILES string of the molecule is COc1ccc2c(c1)C[C@]1(COC(C)=O)O[C@H]21. The standard InChI is InChI=1S/C13H14O4/c1-8(14)16-7-13-6-9-5-10(15-2)3-4-11(9)12(13)17-13/h3-5,12H,6-7H2,1-2H3/t12-,13-/m1/s1. The number of rotatable bonds is 3. The predicted octanol–water partition coefficient (Wildman–Crippen LogP) is 1.62. The number of methoxy groups -OCH3 is 1. The number of carbonyl (C=O) groups is 1. The van der Waals surface area contributed by atoms with E-state index in [2.05, 4.69) is 0 Å². The van der Waals surface area contributed by atoms with Crippen molar-refractivity contribution in [2.45, 2.75) is 25.0 Å². The van der Waals surface area contributed by atoms with Gasteiger partial charge in [0.25, 0.3) is 0 Å². The van der Waals surface area contributed by atoms with Crippen molar-refractivity contribution < 1.29 is 19.0 Å². The third kappa shape index (κ3) is 1.60. The minimum atomic E-state index is -0.305. The van der Waals surface area contributed by atoms with Crippen molar-refractivity contribution in [1.29, 1.82) is 0 Å². The maximum Gasteiger partial charge on any atom is 0.302 e. The van der Waals surface area contributed by atoms with E-state index in [0.29, 0.717) is 6.61 Å². The van der Waals surface area contributed by atoms with Crippen LogP contribution in [0.3, 0.4) is 0 Å². The second kappa shape index (κ2) is 3.47. The molecule has 1 aliphatic heterocycles. The van der Waals surface area contributed by atoms with Crippen molar-refractivity contribution in [2.24, 2.45) is 0 Å². The molecule has 1 aromatic carbocycles. The van der Waals surface area contributed by atoms with Crippen LogP contribution in [0.2, 0.25) is 0 Å². The van der Waals surface area contributed by atoms with E-state index in [0.717, 1.165) is 12.2 Å². The summed E-state index contributed by atoms with van der Waals surface area (Å²) in [6, 6.07) is 5.99. The molecule has 1 saturated heterocycles. The smallest absolute Gasteiger partial charge is 0.302 e. The van der Waals surface area contributed by atoms with Gasteiger partial charge in [-0.25, -0.2) is 0 Å². The highest BCUT2D eigenvalue weighted by molar-refractivity contribution is 5.66. The zero-order valence-electron chi connectivity index (χ0n) is 9.86. The second-order valence-corrected chi connectivity index (χ2v) is 4.58. The number of benzene rings is 1. The molecule has 0 saturated carbocycles. The summed E-state index contributed by atoms with van der Waals surface area (Å²) in [5.41, 5.74) is 2.12. The van der Waals surface area contributed by atoms with Crippen LogP contribution >= 0.6 is 0 Å². The summed E-state index contributed by atoms with van der Waals surface area (Å²) >= 11 is 0. The molecule has 2 aliphatic rings. The van der Waals surface area contributed by atoms with Crippen LogP contribution < -0.4 is 4.74 Å². The van der Waals surface area contributed by atoms with Crippen LogP contribution in [0.15, 0.2) is 18.2 Å². The predicted molar refractivity (Wildman–Crippen MR) is 59.9 cm³/mol. The molecule has 0 unspecified atom stereocenters. The fourth-order valence-electron chi connectivity index (χ4n) is 2.51. The quantitative estimate of drug-likeness (QED) is 0.589. The van der Waals surface area contributed by atoms with Gasteiger partial charge < -0.3 is 14.2 Å². The Balaban J connectivity index is 1.79. The molecule has 0 amide bonds. The third-order valence-electron chi connectivity index (χ3n) is 3.42. The monoisotopic (exact) mass is 234 g/mol. The largest absolute Gasteiger partial charge is 0.497 e. The maximum atomic E-state index is 10.8. The summed E-state index contributed by atoms with van der Waals surface area (Å²) in [7, 11) is 1.66. The van der Waals surface area contributed by atoms with Crippen molar-refractivity contribution in [1.82, 2.24) is 0 Å². The molecular formula is C13H14O4. The Kier molecular flexibility index (Phi) is 2.16. The van der Waals surface area contributed by atoms with Crippen molar-refractivity contribution >= 4 is 5.97 Å². The van der Waals surface area contributed by atoms with Gasteiger partial charge in [-0.05, 0) is 23.3 Å². The Hall–Kier alpha value is -1.55. The molecule has 0 aromatic heterocycles. The molecule has 0 radical (unpaired) electrons. The molecule has 2 atom stereocenters. The summed E-state index contributed by atoms with van der Waals surface area (Å²) in [6.45, 7) is 1.75. The van der Waals surface area contributed by atoms with Crippen LogP contribution in [0.5, 0.6) is 5.75 Å². The molecule has 1 heterocycles. The zero-order valence-corrected chi connectivity index (χ0v) is 9.86. The van der Waals surface area contributed by atoms with Gasteiger partial charge in [0.15, 0.2) is 0 Å². The molecule has 4 heteroatoms. The van der Waals surface area contributed by atoms with E-state index in [-0.39, 0.29) is 17.7 Å². The number of hydrogen-bond acceptors (Lipinski definition) is 4. The molecular weight excluding hydrogens is 220 g/mol. The molecule has 90 valence electrons. The van der Waals surface area contributed by atoms with Crippen LogP contribution in [-0.4, -0.2) is 25.3 Å². The van der Waals surface area contributed by atoms with Crippen molar-refractivity contribution in [3.8, 4) is 5.75 Å². The first-order chi connectivity index (χ1) is 8.14. The number of carbonyl (C=O) groups excluding carboxylic acids is 1. The Labute approximate surface area is 99.5 Å². The van der Waals surface area contributed by atoms with E-state index >= 15 is 0 Å². The van der Waals surface area contributed by atoms with Gasteiger partial charge in [0.2, 0.25) is 0 Å². The number of fused-ring (bicyclic) bond motifs is 3. The van der Waals surface area contributed by atoms with E-state index in [1.54, 1.807) is 7.11 Å². The molecule has 1 fully saturated rings. The molecule has 1 aromatic rings. The Morgan fingerprint density at radius 3 is 3.12 bits per heavy atom. The molecule has 0 bridgehead atoms. The molecule has 4 nitrogen and oxygen atoms in total.